The third kappa shape index (κ3) is 2.04. The number of ether oxygens (including phenoxy) is 1. The number of rotatable bonds is 3. The number of halogens is 2. The fourth-order valence-corrected chi connectivity index (χ4v) is 1.57. The zero-order valence-corrected chi connectivity index (χ0v) is 8.97. The Hall–Kier alpha value is -1.10. The van der Waals surface area contributed by atoms with Crippen LogP contribution in [-0.4, -0.2) is 18.2 Å². The van der Waals surface area contributed by atoms with E-state index in [1.807, 2.05) is 0 Å². The van der Waals surface area contributed by atoms with Crippen molar-refractivity contribution in [3.8, 4) is 5.75 Å². The SMILES string of the molecule is COc1c(CBr)cc(F)cc1C(=O)O. The molecule has 0 saturated carbocycles. The predicted molar refractivity (Wildman–Crippen MR) is 52.5 cm³/mol. The fraction of sp³-hybridized carbons (Fsp3) is 0.222. The highest BCUT2D eigenvalue weighted by Gasteiger charge is 2.16. The Morgan fingerprint density at radius 3 is 2.71 bits per heavy atom. The van der Waals surface area contributed by atoms with Gasteiger partial charge >= 0.3 is 5.97 Å². The van der Waals surface area contributed by atoms with Crippen LogP contribution in [0.2, 0.25) is 0 Å². The summed E-state index contributed by atoms with van der Waals surface area (Å²) < 4.78 is 17.9. The second-order valence-corrected chi connectivity index (χ2v) is 3.15. The lowest BCUT2D eigenvalue weighted by molar-refractivity contribution is 0.0692. The Kier molecular flexibility index (Phi) is 3.46. The maximum atomic E-state index is 13.0. The van der Waals surface area contributed by atoms with Gasteiger partial charge in [-0.25, -0.2) is 9.18 Å². The van der Waals surface area contributed by atoms with Crippen LogP contribution in [0, 0.1) is 5.82 Å². The van der Waals surface area contributed by atoms with Gasteiger partial charge in [0.1, 0.15) is 17.1 Å². The number of hydrogen-bond donors (Lipinski definition) is 1. The number of carbonyl (C=O) groups is 1. The fourth-order valence-electron chi connectivity index (χ4n) is 1.15. The monoisotopic (exact) mass is 262 g/mol. The van der Waals surface area contributed by atoms with Gasteiger partial charge < -0.3 is 9.84 Å². The van der Waals surface area contributed by atoms with Crippen LogP contribution in [0.1, 0.15) is 15.9 Å². The van der Waals surface area contributed by atoms with Crippen LogP contribution in [0.5, 0.6) is 5.75 Å². The second kappa shape index (κ2) is 4.41. The van der Waals surface area contributed by atoms with Crippen LogP contribution in [0.25, 0.3) is 0 Å². The summed E-state index contributed by atoms with van der Waals surface area (Å²) >= 11 is 3.13. The Morgan fingerprint density at radius 1 is 1.64 bits per heavy atom. The van der Waals surface area contributed by atoms with Gasteiger partial charge in [0.25, 0.3) is 0 Å². The second-order valence-electron chi connectivity index (χ2n) is 2.58. The smallest absolute Gasteiger partial charge is 0.339 e. The molecule has 0 radical (unpaired) electrons. The first-order valence-corrected chi connectivity index (χ1v) is 4.88. The molecule has 0 aliphatic rings. The number of carboxylic acid groups (broad SMARTS) is 1. The molecule has 1 N–H and O–H groups in total. The average molecular weight is 263 g/mol. The molecule has 1 rings (SSSR count). The summed E-state index contributed by atoms with van der Waals surface area (Å²) in [6.45, 7) is 0. The average Bonchev–Trinajstić information content (AvgIpc) is 2.16. The van der Waals surface area contributed by atoms with E-state index in [9.17, 15) is 9.18 Å². The van der Waals surface area contributed by atoms with E-state index >= 15 is 0 Å². The predicted octanol–water partition coefficient (Wildman–Crippen LogP) is 2.43. The van der Waals surface area contributed by atoms with Crippen molar-refractivity contribution in [3.63, 3.8) is 0 Å². The van der Waals surface area contributed by atoms with Gasteiger partial charge in [-0.15, -0.1) is 0 Å². The van der Waals surface area contributed by atoms with Crippen molar-refractivity contribution in [2.75, 3.05) is 7.11 Å². The van der Waals surface area contributed by atoms with Crippen molar-refractivity contribution in [2.45, 2.75) is 5.33 Å². The molecule has 0 aliphatic carbocycles. The maximum absolute atomic E-state index is 13.0. The van der Waals surface area contributed by atoms with Gasteiger partial charge in [0, 0.05) is 10.9 Å². The maximum Gasteiger partial charge on any atom is 0.339 e. The summed E-state index contributed by atoms with van der Waals surface area (Å²) in [5, 5.41) is 9.12. The molecule has 0 fully saturated rings. The van der Waals surface area contributed by atoms with Crippen molar-refractivity contribution in [1.29, 1.82) is 0 Å². The van der Waals surface area contributed by atoms with Gasteiger partial charge in [-0.2, -0.15) is 0 Å². The van der Waals surface area contributed by atoms with Crippen LogP contribution in [-0.2, 0) is 5.33 Å². The molecule has 0 unspecified atom stereocenters. The van der Waals surface area contributed by atoms with Crippen molar-refractivity contribution in [1.82, 2.24) is 0 Å². The summed E-state index contributed by atoms with van der Waals surface area (Å²) in [7, 11) is 1.35. The van der Waals surface area contributed by atoms with Crippen LogP contribution in [0.15, 0.2) is 12.1 Å². The third-order valence-electron chi connectivity index (χ3n) is 1.71. The molecule has 1 aromatic rings. The molecular weight excluding hydrogens is 255 g/mol. The van der Waals surface area contributed by atoms with E-state index < -0.39 is 11.8 Å². The minimum Gasteiger partial charge on any atom is -0.496 e. The molecule has 0 spiro atoms. The van der Waals surface area contributed by atoms with Crippen molar-refractivity contribution in [2.24, 2.45) is 0 Å². The normalized spacial score (nSPS) is 9.93. The van der Waals surface area contributed by atoms with Gasteiger partial charge in [-0.1, -0.05) is 15.9 Å². The molecule has 0 bridgehead atoms. The molecule has 0 amide bonds. The standard InChI is InChI=1S/C9H8BrFO3/c1-14-8-5(4-10)2-6(11)3-7(8)9(12)13/h2-3H,4H2,1H3,(H,12,13). The highest BCUT2D eigenvalue weighted by atomic mass is 79.9. The lowest BCUT2D eigenvalue weighted by atomic mass is 10.1. The molecule has 0 heterocycles. The number of benzene rings is 1. The number of carboxylic acids is 1. The molecule has 0 saturated heterocycles. The number of methoxy groups -OCH3 is 1. The number of alkyl halides is 1. The lowest BCUT2D eigenvalue weighted by Gasteiger charge is -2.09. The van der Waals surface area contributed by atoms with E-state index in [2.05, 4.69) is 15.9 Å². The van der Waals surface area contributed by atoms with Gasteiger partial charge in [0.2, 0.25) is 0 Å². The zero-order valence-electron chi connectivity index (χ0n) is 7.38. The van der Waals surface area contributed by atoms with Crippen molar-refractivity contribution >= 4 is 21.9 Å². The highest BCUT2D eigenvalue weighted by molar-refractivity contribution is 9.08. The highest BCUT2D eigenvalue weighted by Crippen LogP contribution is 2.27. The first-order chi connectivity index (χ1) is 6.60. The Bertz CT molecular complexity index is 365. The summed E-state index contributed by atoms with van der Waals surface area (Å²) in [6, 6.07) is 2.17. The Balaban J connectivity index is 3.39. The van der Waals surface area contributed by atoms with Gasteiger partial charge in [0.05, 0.1) is 7.11 Å². The molecule has 3 nitrogen and oxygen atoms in total. The van der Waals surface area contributed by atoms with Crippen LogP contribution in [0.3, 0.4) is 0 Å². The van der Waals surface area contributed by atoms with E-state index in [-0.39, 0.29) is 11.3 Å². The van der Waals surface area contributed by atoms with Crippen molar-refractivity contribution in [3.05, 3.63) is 29.1 Å². The summed E-state index contributed by atoms with van der Waals surface area (Å²) in [5.41, 5.74) is 0.312. The van der Waals surface area contributed by atoms with Gasteiger partial charge in [0.15, 0.2) is 0 Å². The van der Waals surface area contributed by atoms with Gasteiger partial charge in [-0.05, 0) is 12.1 Å². The third-order valence-corrected chi connectivity index (χ3v) is 2.31. The first kappa shape index (κ1) is 11.0. The molecular formula is C9H8BrFO3. The number of hydrogen-bond acceptors (Lipinski definition) is 2. The summed E-state index contributed by atoms with van der Waals surface area (Å²) in [5.74, 6) is -1.60. The van der Waals surface area contributed by atoms with E-state index in [1.54, 1.807) is 0 Å². The summed E-state index contributed by atoms with van der Waals surface area (Å²) in [6.07, 6.45) is 0. The topological polar surface area (TPSA) is 46.5 Å². The number of aromatic carboxylic acids is 1. The van der Waals surface area contributed by atoms with Crippen molar-refractivity contribution < 1.29 is 19.0 Å². The van der Waals surface area contributed by atoms with E-state index in [4.69, 9.17) is 9.84 Å². The molecule has 1 aromatic carbocycles. The van der Waals surface area contributed by atoms with Crippen LogP contribution < -0.4 is 4.74 Å². The minimum absolute atomic E-state index is 0.165. The molecule has 5 heteroatoms. The summed E-state index contributed by atoms with van der Waals surface area (Å²) in [4.78, 5) is 10.7. The zero-order chi connectivity index (χ0) is 10.7. The molecule has 76 valence electrons. The quantitative estimate of drug-likeness (QED) is 0.852. The molecule has 14 heavy (non-hydrogen) atoms. The first-order valence-electron chi connectivity index (χ1n) is 3.75. The Labute approximate surface area is 88.6 Å². The molecule has 0 atom stereocenters. The minimum atomic E-state index is -1.21. The van der Waals surface area contributed by atoms with Crippen LogP contribution >= 0.6 is 15.9 Å². The molecule has 0 aliphatic heterocycles. The van der Waals surface area contributed by atoms with E-state index in [1.165, 1.54) is 13.2 Å². The van der Waals surface area contributed by atoms with E-state index in [0.717, 1.165) is 6.07 Å². The largest absolute Gasteiger partial charge is 0.496 e. The lowest BCUT2D eigenvalue weighted by Crippen LogP contribution is -2.03. The Morgan fingerprint density at radius 2 is 2.29 bits per heavy atom. The van der Waals surface area contributed by atoms with E-state index in [0.29, 0.717) is 10.9 Å². The van der Waals surface area contributed by atoms with Gasteiger partial charge in [-0.3, -0.25) is 0 Å². The van der Waals surface area contributed by atoms with Crippen LogP contribution in [0.4, 0.5) is 4.39 Å². The molecule has 0 aromatic heterocycles.